The lowest BCUT2D eigenvalue weighted by Gasteiger charge is -2.33. The van der Waals surface area contributed by atoms with Gasteiger partial charge in [0.15, 0.2) is 0 Å². The molecule has 14 heavy (non-hydrogen) atoms. The summed E-state index contributed by atoms with van der Waals surface area (Å²) in [6.07, 6.45) is 1.96. The molecular formula is C12H23NO. The Morgan fingerprint density at radius 1 is 1.43 bits per heavy atom. The van der Waals surface area contributed by atoms with Crippen molar-refractivity contribution in [1.29, 1.82) is 0 Å². The molecule has 0 amide bonds. The standard InChI is InChI=1S/C12H23NO/c1-6-8-9-10-11(13-5)12(3,4)14-7-2/h11,13H,7,9-10H2,1-5H3. The lowest BCUT2D eigenvalue weighted by Crippen LogP contribution is -2.47. The van der Waals surface area contributed by atoms with Crippen LogP contribution in [0.3, 0.4) is 0 Å². The highest BCUT2D eigenvalue weighted by Crippen LogP contribution is 2.18. The topological polar surface area (TPSA) is 21.3 Å². The number of ether oxygens (including phenoxy) is 1. The van der Waals surface area contributed by atoms with Crippen molar-refractivity contribution >= 4 is 0 Å². The van der Waals surface area contributed by atoms with Gasteiger partial charge in [0, 0.05) is 19.1 Å². The van der Waals surface area contributed by atoms with E-state index in [9.17, 15) is 0 Å². The van der Waals surface area contributed by atoms with Crippen LogP contribution in [0.15, 0.2) is 0 Å². The molecule has 0 bridgehead atoms. The van der Waals surface area contributed by atoms with Crippen LogP contribution >= 0.6 is 0 Å². The fraction of sp³-hybridized carbons (Fsp3) is 0.833. The van der Waals surface area contributed by atoms with Gasteiger partial charge in [-0.3, -0.25) is 0 Å². The van der Waals surface area contributed by atoms with Crippen LogP contribution in [0, 0.1) is 11.8 Å². The van der Waals surface area contributed by atoms with Crippen LogP contribution in [-0.2, 0) is 4.74 Å². The molecule has 0 aliphatic heterocycles. The fourth-order valence-electron chi connectivity index (χ4n) is 1.65. The zero-order valence-electron chi connectivity index (χ0n) is 10.1. The molecule has 0 rings (SSSR count). The predicted molar refractivity (Wildman–Crippen MR) is 61.2 cm³/mol. The first kappa shape index (κ1) is 13.5. The molecule has 0 heterocycles. The van der Waals surface area contributed by atoms with Gasteiger partial charge in [-0.25, -0.2) is 0 Å². The largest absolute Gasteiger partial charge is 0.374 e. The second-order valence-corrected chi connectivity index (χ2v) is 3.84. The molecule has 1 N–H and O–H groups in total. The van der Waals surface area contributed by atoms with E-state index in [1.165, 1.54) is 0 Å². The van der Waals surface area contributed by atoms with E-state index in [-0.39, 0.29) is 5.60 Å². The number of likely N-dealkylation sites (N-methyl/N-ethyl adjacent to an activating group) is 1. The number of rotatable bonds is 6. The molecule has 0 fully saturated rings. The van der Waals surface area contributed by atoms with Crippen LogP contribution in [0.25, 0.3) is 0 Å². The molecule has 0 aliphatic carbocycles. The first-order valence-corrected chi connectivity index (χ1v) is 5.29. The second kappa shape index (κ2) is 6.86. The normalized spacial score (nSPS) is 13.2. The molecule has 0 aromatic rings. The predicted octanol–water partition coefficient (Wildman–Crippen LogP) is 2.19. The average Bonchev–Trinajstić information content (AvgIpc) is 2.12. The molecule has 0 spiro atoms. The van der Waals surface area contributed by atoms with Gasteiger partial charge in [-0.2, -0.15) is 0 Å². The highest BCUT2D eigenvalue weighted by molar-refractivity contribution is 4.97. The fourth-order valence-corrected chi connectivity index (χ4v) is 1.65. The van der Waals surface area contributed by atoms with Gasteiger partial charge in [0.25, 0.3) is 0 Å². The first-order chi connectivity index (χ1) is 6.58. The minimum Gasteiger partial charge on any atom is -0.374 e. The average molecular weight is 197 g/mol. The van der Waals surface area contributed by atoms with Crippen molar-refractivity contribution in [3.8, 4) is 11.8 Å². The molecular weight excluding hydrogens is 174 g/mol. The lowest BCUT2D eigenvalue weighted by molar-refractivity contribution is -0.0380. The maximum absolute atomic E-state index is 5.70. The summed E-state index contributed by atoms with van der Waals surface area (Å²) < 4.78 is 5.70. The molecule has 1 unspecified atom stereocenters. The van der Waals surface area contributed by atoms with E-state index in [0.717, 1.165) is 19.4 Å². The van der Waals surface area contributed by atoms with Crippen molar-refractivity contribution in [1.82, 2.24) is 5.32 Å². The third kappa shape index (κ3) is 4.64. The monoisotopic (exact) mass is 197 g/mol. The van der Waals surface area contributed by atoms with Crippen molar-refractivity contribution in [3.63, 3.8) is 0 Å². The van der Waals surface area contributed by atoms with Crippen LogP contribution in [0.2, 0.25) is 0 Å². The van der Waals surface area contributed by atoms with Crippen molar-refractivity contribution < 1.29 is 4.74 Å². The van der Waals surface area contributed by atoms with Crippen molar-refractivity contribution in [2.24, 2.45) is 0 Å². The van der Waals surface area contributed by atoms with E-state index in [4.69, 9.17) is 4.74 Å². The molecule has 2 nitrogen and oxygen atoms in total. The zero-order valence-corrected chi connectivity index (χ0v) is 10.1. The van der Waals surface area contributed by atoms with Gasteiger partial charge in [-0.15, -0.1) is 11.8 Å². The number of hydrogen-bond acceptors (Lipinski definition) is 2. The van der Waals surface area contributed by atoms with E-state index in [0.29, 0.717) is 6.04 Å². The molecule has 1 atom stereocenters. The van der Waals surface area contributed by atoms with Gasteiger partial charge in [0.2, 0.25) is 0 Å². The second-order valence-electron chi connectivity index (χ2n) is 3.84. The Hall–Kier alpha value is -0.520. The molecule has 0 radical (unpaired) electrons. The van der Waals surface area contributed by atoms with Crippen molar-refractivity contribution in [2.75, 3.05) is 13.7 Å². The smallest absolute Gasteiger partial charge is 0.0778 e. The third-order valence-electron chi connectivity index (χ3n) is 2.44. The Kier molecular flexibility index (Phi) is 6.61. The minimum atomic E-state index is -0.112. The quantitative estimate of drug-likeness (QED) is 0.659. The Morgan fingerprint density at radius 2 is 2.07 bits per heavy atom. The highest BCUT2D eigenvalue weighted by Gasteiger charge is 2.27. The zero-order chi connectivity index (χ0) is 11.0. The number of nitrogens with one attached hydrogen (secondary N) is 1. The number of hydrogen-bond donors (Lipinski definition) is 1. The van der Waals surface area contributed by atoms with Crippen LogP contribution in [-0.4, -0.2) is 25.3 Å². The summed E-state index contributed by atoms with van der Waals surface area (Å²) in [6.45, 7) is 8.90. The molecule has 0 aromatic carbocycles. The SMILES string of the molecule is CC#CCCC(NC)C(C)(C)OCC. The maximum Gasteiger partial charge on any atom is 0.0778 e. The summed E-state index contributed by atoms with van der Waals surface area (Å²) in [5.41, 5.74) is -0.112. The Balaban J connectivity index is 4.14. The van der Waals surface area contributed by atoms with Gasteiger partial charge < -0.3 is 10.1 Å². The summed E-state index contributed by atoms with van der Waals surface area (Å²) in [4.78, 5) is 0. The molecule has 0 aliphatic rings. The van der Waals surface area contributed by atoms with E-state index >= 15 is 0 Å². The molecule has 2 heteroatoms. The third-order valence-corrected chi connectivity index (χ3v) is 2.44. The highest BCUT2D eigenvalue weighted by atomic mass is 16.5. The molecule has 0 saturated carbocycles. The van der Waals surface area contributed by atoms with Gasteiger partial charge in [0.1, 0.15) is 0 Å². The van der Waals surface area contributed by atoms with Crippen molar-refractivity contribution in [3.05, 3.63) is 0 Å². The molecule has 82 valence electrons. The Labute approximate surface area is 88.4 Å². The van der Waals surface area contributed by atoms with Gasteiger partial charge >= 0.3 is 0 Å². The summed E-state index contributed by atoms with van der Waals surface area (Å²) in [6, 6.07) is 0.364. The van der Waals surface area contributed by atoms with Crippen molar-refractivity contribution in [2.45, 2.75) is 52.2 Å². The first-order valence-electron chi connectivity index (χ1n) is 5.29. The maximum atomic E-state index is 5.70. The van der Waals surface area contributed by atoms with Crippen LogP contribution in [0.1, 0.15) is 40.5 Å². The van der Waals surface area contributed by atoms with Gasteiger partial charge in [0.05, 0.1) is 5.60 Å². The summed E-state index contributed by atoms with van der Waals surface area (Å²) in [5.74, 6) is 5.99. The lowest BCUT2D eigenvalue weighted by atomic mass is 9.94. The van der Waals surface area contributed by atoms with E-state index in [1.807, 2.05) is 20.9 Å². The van der Waals surface area contributed by atoms with Crippen LogP contribution in [0.4, 0.5) is 0 Å². The van der Waals surface area contributed by atoms with E-state index in [2.05, 4.69) is 31.0 Å². The summed E-state index contributed by atoms with van der Waals surface area (Å²) >= 11 is 0. The van der Waals surface area contributed by atoms with Gasteiger partial charge in [-0.05, 0) is 41.2 Å². The van der Waals surface area contributed by atoms with Gasteiger partial charge in [-0.1, -0.05) is 0 Å². The molecule has 0 saturated heterocycles. The Morgan fingerprint density at radius 3 is 2.50 bits per heavy atom. The molecule has 0 aromatic heterocycles. The van der Waals surface area contributed by atoms with Crippen LogP contribution in [0.5, 0.6) is 0 Å². The summed E-state index contributed by atoms with van der Waals surface area (Å²) in [7, 11) is 1.98. The summed E-state index contributed by atoms with van der Waals surface area (Å²) in [5, 5.41) is 3.29. The minimum absolute atomic E-state index is 0.112. The van der Waals surface area contributed by atoms with E-state index < -0.39 is 0 Å². The Bertz CT molecular complexity index is 200. The van der Waals surface area contributed by atoms with Crippen LogP contribution < -0.4 is 5.32 Å². The van der Waals surface area contributed by atoms with E-state index in [1.54, 1.807) is 0 Å².